The number of rotatable bonds is 7. The van der Waals surface area contributed by atoms with E-state index in [0.29, 0.717) is 25.5 Å². The van der Waals surface area contributed by atoms with E-state index >= 15 is 0 Å². The molecule has 1 heterocycles. The Labute approximate surface area is 173 Å². The molecule has 0 saturated carbocycles. The Bertz CT molecular complexity index is 920. The monoisotopic (exact) mass is 394 g/mol. The molecular weight excluding hydrogens is 364 g/mol. The van der Waals surface area contributed by atoms with Crippen molar-refractivity contribution in [3.8, 4) is 5.75 Å². The summed E-state index contributed by atoms with van der Waals surface area (Å²) in [5.74, 6) is 1.01. The number of nitrogens with zero attached hydrogens (tertiary/aromatic N) is 1. The van der Waals surface area contributed by atoms with Crippen LogP contribution in [0.4, 0.5) is 5.69 Å². The highest BCUT2D eigenvalue weighted by molar-refractivity contribution is 6.06. The number of aryl methyl sites for hydroxylation is 2. The van der Waals surface area contributed by atoms with Crippen LogP contribution in [0.5, 0.6) is 5.75 Å². The number of amides is 2. The summed E-state index contributed by atoms with van der Waals surface area (Å²) in [6.45, 7) is 10.9. The van der Waals surface area contributed by atoms with Crippen LogP contribution in [0.15, 0.2) is 36.4 Å². The third kappa shape index (κ3) is 4.61. The maximum Gasteiger partial charge on any atom is 0.254 e. The average molecular weight is 395 g/mol. The van der Waals surface area contributed by atoms with Gasteiger partial charge in [-0.15, -0.1) is 0 Å². The van der Waals surface area contributed by atoms with E-state index in [1.54, 1.807) is 4.90 Å². The summed E-state index contributed by atoms with van der Waals surface area (Å²) in [7, 11) is 0. The normalized spacial score (nSPS) is 15.6. The molecule has 154 valence electrons. The van der Waals surface area contributed by atoms with Crippen LogP contribution in [0.1, 0.15) is 61.4 Å². The van der Waals surface area contributed by atoms with Gasteiger partial charge in [-0.25, -0.2) is 0 Å². The number of benzene rings is 2. The van der Waals surface area contributed by atoms with Crippen LogP contribution >= 0.6 is 0 Å². The highest BCUT2D eigenvalue weighted by Gasteiger charge is 2.37. The van der Waals surface area contributed by atoms with Gasteiger partial charge in [-0.2, -0.15) is 0 Å². The van der Waals surface area contributed by atoms with Crippen molar-refractivity contribution in [2.24, 2.45) is 0 Å². The molecule has 5 heteroatoms. The summed E-state index contributed by atoms with van der Waals surface area (Å²) in [5.41, 5.74) is 5.17. The fraction of sp³-hybridized carbons (Fsp3) is 0.417. The van der Waals surface area contributed by atoms with Crippen molar-refractivity contribution in [3.63, 3.8) is 0 Å². The topological polar surface area (TPSA) is 58.6 Å². The molecule has 0 unspecified atom stereocenters. The van der Waals surface area contributed by atoms with Crippen molar-refractivity contribution in [2.75, 3.05) is 18.1 Å². The fourth-order valence-electron chi connectivity index (χ4n) is 3.78. The van der Waals surface area contributed by atoms with E-state index < -0.39 is 6.04 Å². The maximum absolute atomic E-state index is 12.9. The third-order valence-electron chi connectivity index (χ3n) is 5.22. The summed E-state index contributed by atoms with van der Waals surface area (Å²) < 4.78 is 6.07. The molecule has 0 aliphatic carbocycles. The van der Waals surface area contributed by atoms with E-state index in [1.807, 2.05) is 25.1 Å². The van der Waals surface area contributed by atoms with Crippen molar-refractivity contribution in [2.45, 2.75) is 53.0 Å². The van der Waals surface area contributed by atoms with E-state index in [2.05, 4.69) is 44.3 Å². The molecular formula is C24H30N2O3. The second-order valence-corrected chi connectivity index (χ2v) is 8.08. The van der Waals surface area contributed by atoms with Crippen molar-refractivity contribution >= 4 is 17.5 Å². The Morgan fingerprint density at radius 2 is 1.83 bits per heavy atom. The van der Waals surface area contributed by atoms with Crippen LogP contribution in [0.2, 0.25) is 0 Å². The highest BCUT2D eigenvalue weighted by atomic mass is 16.5. The predicted molar refractivity (Wildman–Crippen MR) is 115 cm³/mol. The lowest BCUT2D eigenvalue weighted by Gasteiger charge is -2.19. The number of carbonyl (C=O) groups excluding carboxylic acids is 2. The van der Waals surface area contributed by atoms with Crippen molar-refractivity contribution in [1.82, 2.24) is 5.32 Å². The van der Waals surface area contributed by atoms with E-state index in [1.165, 1.54) is 18.1 Å². The molecule has 2 aromatic carbocycles. The molecule has 1 aliphatic heterocycles. The summed E-state index contributed by atoms with van der Waals surface area (Å²) >= 11 is 0. The molecule has 3 rings (SSSR count). The Morgan fingerprint density at radius 1 is 1.14 bits per heavy atom. The Hall–Kier alpha value is -2.82. The number of hydrogen-bond donors (Lipinski definition) is 1. The zero-order chi connectivity index (χ0) is 21.1. The minimum absolute atomic E-state index is 0.0841. The molecule has 0 aromatic heterocycles. The Kier molecular flexibility index (Phi) is 6.26. The molecule has 0 saturated heterocycles. The molecule has 0 fully saturated rings. The zero-order valence-electron chi connectivity index (χ0n) is 17.9. The van der Waals surface area contributed by atoms with Gasteiger partial charge in [-0.05, 0) is 49.4 Å². The van der Waals surface area contributed by atoms with Gasteiger partial charge in [-0.3, -0.25) is 9.59 Å². The lowest BCUT2D eigenvalue weighted by molar-refractivity contribution is -0.126. The van der Waals surface area contributed by atoms with Crippen molar-refractivity contribution in [1.29, 1.82) is 0 Å². The van der Waals surface area contributed by atoms with Crippen molar-refractivity contribution in [3.05, 3.63) is 58.7 Å². The number of carbonyl (C=O) groups is 2. The maximum atomic E-state index is 12.9. The van der Waals surface area contributed by atoms with Gasteiger partial charge in [0, 0.05) is 24.7 Å². The minimum atomic E-state index is -0.604. The molecule has 0 radical (unpaired) electrons. The molecule has 1 N–H and O–H groups in total. The number of fused-ring (bicyclic) bond motifs is 1. The zero-order valence-corrected chi connectivity index (χ0v) is 17.9. The highest BCUT2D eigenvalue weighted by Crippen LogP contribution is 2.36. The molecule has 5 nitrogen and oxygen atoms in total. The second kappa shape index (κ2) is 8.68. The lowest BCUT2D eigenvalue weighted by atomic mass is 10.0. The number of hydrogen-bond acceptors (Lipinski definition) is 3. The molecule has 0 spiro atoms. The molecule has 2 aromatic rings. The summed E-state index contributed by atoms with van der Waals surface area (Å²) in [5, 5.41) is 2.79. The summed E-state index contributed by atoms with van der Waals surface area (Å²) in [6.07, 6.45) is 0.706. The fourth-order valence-corrected chi connectivity index (χ4v) is 3.78. The Balaban J connectivity index is 1.68. The van der Waals surface area contributed by atoms with Crippen LogP contribution < -0.4 is 15.0 Å². The van der Waals surface area contributed by atoms with Crippen LogP contribution in [0, 0.1) is 13.8 Å². The van der Waals surface area contributed by atoms with Gasteiger partial charge < -0.3 is 15.0 Å². The first-order valence-electron chi connectivity index (χ1n) is 10.2. The van der Waals surface area contributed by atoms with Gasteiger partial charge in [0.1, 0.15) is 11.8 Å². The minimum Gasteiger partial charge on any atom is -0.493 e. The quantitative estimate of drug-likeness (QED) is 0.707. The predicted octanol–water partition coefficient (Wildman–Crippen LogP) is 4.42. The average Bonchev–Trinajstić information content (AvgIpc) is 2.89. The molecule has 1 atom stereocenters. The van der Waals surface area contributed by atoms with Gasteiger partial charge in [0.05, 0.1) is 6.61 Å². The SMILES string of the molecule is CC(=O)N[C@@H]1C(=O)N(CCCOc2cc(C)ccc2C(C)C)c2ccc(C)cc21. The largest absolute Gasteiger partial charge is 0.493 e. The summed E-state index contributed by atoms with van der Waals surface area (Å²) in [6, 6.07) is 11.6. The number of ether oxygens (including phenoxy) is 1. The summed E-state index contributed by atoms with van der Waals surface area (Å²) in [4.78, 5) is 26.3. The van der Waals surface area contributed by atoms with E-state index in [-0.39, 0.29) is 11.8 Å². The molecule has 2 amide bonds. The van der Waals surface area contributed by atoms with Gasteiger partial charge in [0.2, 0.25) is 5.91 Å². The van der Waals surface area contributed by atoms with Gasteiger partial charge >= 0.3 is 0 Å². The smallest absolute Gasteiger partial charge is 0.254 e. The lowest BCUT2D eigenvalue weighted by Crippen LogP contribution is -2.37. The van der Waals surface area contributed by atoms with E-state index in [4.69, 9.17) is 4.74 Å². The van der Waals surface area contributed by atoms with E-state index in [0.717, 1.165) is 22.6 Å². The number of anilines is 1. The Morgan fingerprint density at radius 3 is 2.52 bits per heavy atom. The van der Waals surface area contributed by atoms with Crippen LogP contribution in [0.25, 0.3) is 0 Å². The first-order chi connectivity index (χ1) is 13.8. The van der Waals surface area contributed by atoms with Crippen LogP contribution in [-0.2, 0) is 9.59 Å². The van der Waals surface area contributed by atoms with Gasteiger partial charge in [-0.1, -0.05) is 43.7 Å². The first kappa shape index (κ1) is 20.9. The second-order valence-electron chi connectivity index (χ2n) is 8.08. The number of nitrogens with one attached hydrogen (secondary N) is 1. The van der Waals surface area contributed by atoms with Crippen LogP contribution in [-0.4, -0.2) is 25.0 Å². The molecule has 29 heavy (non-hydrogen) atoms. The van der Waals surface area contributed by atoms with Crippen LogP contribution in [0.3, 0.4) is 0 Å². The van der Waals surface area contributed by atoms with Gasteiger partial charge in [0.15, 0.2) is 0 Å². The third-order valence-corrected chi connectivity index (χ3v) is 5.22. The first-order valence-corrected chi connectivity index (χ1v) is 10.2. The van der Waals surface area contributed by atoms with Gasteiger partial charge in [0.25, 0.3) is 5.91 Å². The standard InChI is InChI=1S/C24H30N2O3/c1-15(2)19-9-7-17(4)14-22(19)29-12-6-11-26-21-10-8-16(3)13-20(21)23(24(26)28)25-18(5)27/h7-10,13-15,23H,6,11-12H2,1-5H3,(H,25,27)/t23-/m0/s1. The van der Waals surface area contributed by atoms with E-state index in [9.17, 15) is 9.59 Å². The van der Waals surface area contributed by atoms with Crippen molar-refractivity contribution < 1.29 is 14.3 Å². The molecule has 0 bridgehead atoms. The molecule has 1 aliphatic rings.